The van der Waals surface area contributed by atoms with E-state index in [9.17, 15) is 4.39 Å². The van der Waals surface area contributed by atoms with Crippen LogP contribution in [0.3, 0.4) is 0 Å². The number of hydrogen-bond donors (Lipinski definition) is 0. The van der Waals surface area contributed by atoms with Crippen LogP contribution in [0, 0.1) is 0 Å². The van der Waals surface area contributed by atoms with E-state index in [-0.39, 0.29) is 6.67 Å². The molecule has 0 amide bonds. The lowest BCUT2D eigenvalue weighted by Gasteiger charge is -2.04. The molecule has 0 radical (unpaired) electrons. The molecule has 0 unspecified atom stereocenters. The summed E-state index contributed by atoms with van der Waals surface area (Å²) in [6.07, 6.45) is 13.2. The maximum atomic E-state index is 11.9. The van der Waals surface area contributed by atoms with Crippen LogP contribution in [0.2, 0.25) is 0 Å². The minimum atomic E-state index is -0.189. The van der Waals surface area contributed by atoms with Crippen LogP contribution in [-0.2, 0) is 0 Å². The van der Waals surface area contributed by atoms with Crippen LogP contribution >= 0.6 is 0 Å². The molecule has 0 saturated heterocycles. The molecule has 0 fully saturated rings. The van der Waals surface area contributed by atoms with E-state index in [1.807, 2.05) is 0 Å². The molecular weight excluding hydrogens is 151 g/mol. The van der Waals surface area contributed by atoms with E-state index in [2.05, 4.69) is 18.2 Å². The van der Waals surface area contributed by atoms with Gasteiger partial charge in [0.25, 0.3) is 0 Å². The zero-order valence-electron chi connectivity index (χ0n) is 7.56. The molecular formula is C11H17F. The van der Waals surface area contributed by atoms with E-state index in [4.69, 9.17) is 0 Å². The fourth-order valence-corrected chi connectivity index (χ4v) is 1.45. The molecule has 1 aliphatic carbocycles. The lowest BCUT2D eigenvalue weighted by Crippen LogP contribution is -1.86. The van der Waals surface area contributed by atoms with Gasteiger partial charge in [0.1, 0.15) is 0 Å². The van der Waals surface area contributed by atoms with E-state index >= 15 is 0 Å². The van der Waals surface area contributed by atoms with Crippen molar-refractivity contribution in [2.75, 3.05) is 6.67 Å². The van der Waals surface area contributed by atoms with Crippen LogP contribution in [0.5, 0.6) is 0 Å². The Morgan fingerprint density at radius 3 is 2.92 bits per heavy atom. The van der Waals surface area contributed by atoms with Crippen LogP contribution in [0.1, 0.15) is 38.5 Å². The van der Waals surface area contributed by atoms with Gasteiger partial charge in [-0.1, -0.05) is 23.8 Å². The first kappa shape index (κ1) is 9.50. The summed E-state index contributed by atoms with van der Waals surface area (Å²) in [4.78, 5) is 0. The van der Waals surface area contributed by atoms with Crippen LogP contribution < -0.4 is 0 Å². The van der Waals surface area contributed by atoms with Gasteiger partial charge in [0.15, 0.2) is 0 Å². The van der Waals surface area contributed by atoms with Gasteiger partial charge in [0.2, 0.25) is 0 Å². The van der Waals surface area contributed by atoms with Gasteiger partial charge >= 0.3 is 0 Å². The molecule has 1 heteroatoms. The molecule has 0 saturated carbocycles. The minimum Gasteiger partial charge on any atom is -0.251 e. The van der Waals surface area contributed by atoms with Crippen molar-refractivity contribution in [3.05, 3.63) is 23.8 Å². The maximum Gasteiger partial charge on any atom is 0.0897 e. The summed E-state index contributed by atoms with van der Waals surface area (Å²) >= 11 is 0. The van der Waals surface area contributed by atoms with Crippen molar-refractivity contribution in [3.8, 4) is 0 Å². The second-order valence-corrected chi connectivity index (χ2v) is 3.26. The van der Waals surface area contributed by atoms with Gasteiger partial charge in [-0.15, -0.1) is 0 Å². The lowest BCUT2D eigenvalue weighted by molar-refractivity contribution is 0.473. The van der Waals surface area contributed by atoms with Gasteiger partial charge in [-0.2, -0.15) is 0 Å². The van der Waals surface area contributed by atoms with Crippen LogP contribution in [0.15, 0.2) is 23.8 Å². The number of allylic oxidation sites excluding steroid dienone is 4. The predicted octanol–water partition coefficient (Wildman–Crippen LogP) is 3.79. The van der Waals surface area contributed by atoms with E-state index < -0.39 is 0 Å². The molecule has 1 aliphatic rings. The Balaban J connectivity index is 2.36. The maximum absolute atomic E-state index is 11.9. The van der Waals surface area contributed by atoms with Crippen molar-refractivity contribution in [1.29, 1.82) is 0 Å². The molecule has 0 aromatic rings. The van der Waals surface area contributed by atoms with Crippen molar-refractivity contribution >= 4 is 0 Å². The Labute approximate surface area is 74.2 Å². The Morgan fingerprint density at radius 2 is 2.08 bits per heavy atom. The highest BCUT2D eigenvalue weighted by Gasteiger charge is 1.96. The van der Waals surface area contributed by atoms with Crippen molar-refractivity contribution in [2.24, 2.45) is 0 Å². The van der Waals surface area contributed by atoms with Crippen molar-refractivity contribution < 1.29 is 4.39 Å². The topological polar surface area (TPSA) is 0 Å². The van der Waals surface area contributed by atoms with E-state index in [1.54, 1.807) is 0 Å². The molecule has 0 aromatic carbocycles. The molecule has 0 N–H and O–H groups in total. The fraction of sp³-hybridized carbons (Fsp3) is 0.636. The Kier molecular flexibility index (Phi) is 4.74. The number of rotatable bonds is 3. The van der Waals surface area contributed by atoms with Crippen molar-refractivity contribution in [3.63, 3.8) is 0 Å². The molecule has 0 aromatic heterocycles. The highest BCUT2D eigenvalue weighted by Crippen LogP contribution is 2.14. The van der Waals surface area contributed by atoms with Crippen LogP contribution in [-0.4, -0.2) is 6.67 Å². The first-order valence-electron chi connectivity index (χ1n) is 4.85. The minimum absolute atomic E-state index is 0.189. The summed E-state index contributed by atoms with van der Waals surface area (Å²) in [7, 11) is 0. The predicted molar refractivity (Wildman–Crippen MR) is 50.9 cm³/mol. The second-order valence-electron chi connectivity index (χ2n) is 3.26. The first-order chi connectivity index (χ1) is 5.93. The summed E-state index contributed by atoms with van der Waals surface area (Å²) in [5.74, 6) is 0. The van der Waals surface area contributed by atoms with Gasteiger partial charge in [-0.25, -0.2) is 0 Å². The van der Waals surface area contributed by atoms with Gasteiger partial charge in [-0.3, -0.25) is 4.39 Å². The normalized spacial score (nSPS) is 18.2. The van der Waals surface area contributed by atoms with Crippen LogP contribution in [0.4, 0.5) is 4.39 Å². The summed E-state index contributed by atoms with van der Waals surface area (Å²) in [6, 6.07) is 0. The van der Waals surface area contributed by atoms with Crippen molar-refractivity contribution in [1.82, 2.24) is 0 Å². The summed E-state index contributed by atoms with van der Waals surface area (Å²) in [5.41, 5.74) is 1.33. The first-order valence-corrected chi connectivity index (χ1v) is 4.85. The Morgan fingerprint density at radius 1 is 1.25 bits per heavy atom. The van der Waals surface area contributed by atoms with Gasteiger partial charge in [0.05, 0.1) is 6.67 Å². The van der Waals surface area contributed by atoms with E-state index in [0.29, 0.717) is 6.42 Å². The third kappa shape index (κ3) is 3.70. The fourth-order valence-electron chi connectivity index (χ4n) is 1.45. The number of halogens is 1. The zero-order chi connectivity index (χ0) is 8.65. The van der Waals surface area contributed by atoms with Gasteiger partial charge in [0, 0.05) is 0 Å². The van der Waals surface area contributed by atoms with Crippen LogP contribution in [0.25, 0.3) is 0 Å². The number of alkyl halides is 1. The van der Waals surface area contributed by atoms with E-state index in [1.165, 1.54) is 31.3 Å². The average Bonchev–Trinajstić information content (AvgIpc) is 2.02. The average molecular weight is 168 g/mol. The zero-order valence-corrected chi connectivity index (χ0v) is 7.56. The second kappa shape index (κ2) is 5.99. The molecule has 0 bridgehead atoms. The van der Waals surface area contributed by atoms with Crippen molar-refractivity contribution in [2.45, 2.75) is 38.5 Å². The molecule has 0 atom stereocenters. The molecule has 68 valence electrons. The smallest absolute Gasteiger partial charge is 0.0897 e. The third-order valence-electron chi connectivity index (χ3n) is 2.16. The van der Waals surface area contributed by atoms with E-state index in [0.717, 1.165) is 6.42 Å². The summed E-state index contributed by atoms with van der Waals surface area (Å²) in [5, 5.41) is 0. The quantitative estimate of drug-likeness (QED) is 0.601. The molecule has 0 spiro atoms. The highest BCUT2D eigenvalue weighted by atomic mass is 19.1. The third-order valence-corrected chi connectivity index (χ3v) is 2.16. The standard InChI is InChI=1S/C11H17F/c12-10-6-9-11-7-4-2-1-3-5-8-11/h4,7-8H,1-3,5-6,9-10H2. The Bertz CT molecular complexity index is 168. The Hall–Kier alpha value is -0.590. The van der Waals surface area contributed by atoms with Gasteiger partial charge in [-0.05, 0) is 38.5 Å². The monoisotopic (exact) mass is 168 g/mol. The molecule has 12 heavy (non-hydrogen) atoms. The highest BCUT2D eigenvalue weighted by molar-refractivity contribution is 5.19. The molecule has 0 aliphatic heterocycles. The number of hydrogen-bond acceptors (Lipinski definition) is 0. The lowest BCUT2D eigenvalue weighted by atomic mass is 10.0. The SMILES string of the molecule is FCCCC1=CCCCCC=C1. The molecule has 0 nitrogen and oxygen atoms in total. The molecule has 0 heterocycles. The summed E-state index contributed by atoms with van der Waals surface area (Å²) < 4.78 is 11.9. The summed E-state index contributed by atoms with van der Waals surface area (Å²) in [6.45, 7) is -0.189. The van der Waals surface area contributed by atoms with Gasteiger partial charge < -0.3 is 0 Å². The molecule has 1 rings (SSSR count). The largest absolute Gasteiger partial charge is 0.251 e.